The number of benzene rings is 7. The van der Waals surface area contributed by atoms with Crippen LogP contribution in [0.1, 0.15) is 48.9 Å². The Morgan fingerprint density at radius 3 is 1.61 bits per heavy atom. The second-order valence-electron chi connectivity index (χ2n) is 14.1. The van der Waals surface area contributed by atoms with Crippen molar-refractivity contribution in [2.75, 3.05) is 0 Å². The van der Waals surface area contributed by atoms with Crippen molar-refractivity contribution in [1.82, 2.24) is 0 Å². The lowest BCUT2D eigenvalue weighted by Gasteiger charge is -2.28. The molecule has 0 aliphatic carbocycles. The van der Waals surface area contributed by atoms with E-state index in [-0.39, 0.29) is 6.04 Å². The average molecular weight is 700 g/mol. The molecule has 0 saturated carbocycles. The largest absolute Gasteiger partial charge is 0.457 e. The molecule has 0 spiro atoms. The first-order valence-electron chi connectivity index (χ1n) is 18.9. The number of rotatable bonds is 8. The van der Waals surface area contributed by atoms with Crippen molar-refractivity contribution < 1.29 is 9.15 Å². The van der Waals surface area contributed by atoms with Gasteiger partial charge in [-0.15, -0.1) is 0 Å². The molecule has 2 atom stereocenters. The van der Waals surface area contributed by atoms with E-state index >= 15 is 0 Å². The lowest BCUT2D eigenvalue weighted by Crippen LogP contribution is -2.16. The van der Waals surface area contributed by atoms with E-state index in [4.69, 9.17) is 14.1 Å². The SMILES string of the molecule is CCC1C/C(c2ccccc2)=C/C/C(c2ccccc2)=N\C1c1ccc(Oc2ccc(-c3ccc4oc5ccc(-c6ccccc6)cc5c4c3)cc2)cc1. The van der Waals surface area contributed by atoms with Crippen molar-refractivity contribution in [3.05, 3.63) is 199 Å². The highest BCUT2D eigenvalue weighted by Crippen LogP contribution is 2.40. The van der Waals surface area contributed by atoms with Crippen LogP contribution in [0.2, 0.25) is 0 Å². The van der Waals surface area contributed by atoms with E-state index < -0.39 is 0 Å². The highest BCUT2D eigenvalue weighted by Gasteiger charge is 2.26. The van der Waals surface area contributed by atoms with Crippen LogP contribution in [0.3, 0.4) is 0 Å². The van der Waals surface area contributed by atoms with Crippen LogP contribution in [0.5, 0.6) is 11.5 Å². The number of allylic oxidation sites excluding steroid dienone is 2. The number of furan rings is 1. The summed E-state index contributed by atoms with van der Waals surface area (Å²) in [5.74, 6) is 1.97. The molecular formula is C51H41NO2. The van der Waals surface area contributed by atoms with Gasteiger partial charge in [0.2, 0.25) is 0 Å². The van der Waals surface area contributed by atoms with Crippen LogP contribution < -0.4 is 4.74 Å². The Bertz CT molecular complexity index is 2580. The van der Waals surface area contributed by atoms with Gasteiger partial charge in [-0.2, -0.15) is 0 Å². The number of nitrogens with zero attached hydrogens (tertiary/aromatic N) is 1. The van der Waals surface area contributed by atoms with E-state index in [0.717, 1.165) is 69.5 Å². The van der Waals surface area contributed by atoms with E-state index in [1.54, 1.807) is 0 Å². The van der Waals surface area contributed by atoms with Crippen molar-refractivity contribution >= 4 is 33.2 Å². The fourth-order valence-electron chi connectivity index (χ4n) is 7.80. The Labute approximate surface area is 316 Å². The highest BCUT2D eigenvalue weighted by molar-refractivity contribution is 6.07. The minimum atomic E-state index is 0.0422. The van der Waals surface area contributed by atoms with Crippen LogP contribution in [-0.2, 0) is 0 Å². The van der Waals surface area contributed by atoms with Crippen molar-refractivity contribution in [2.24, 2.45) is 10.9 Å². The summed E-state index contributed by atoms with van der Waals surface area (Å²) >= 11 is 0. The number of hydrogen-bond acceptors (Lipinski definition) is 3. The second kappa shape index (κ2) is 14.9. The first-order chi connectivity index (χ1) is 26.7. The average Bonchev–Trinajstić information content (AvgIpc) is 3.60. The molecule has 3 nitrogen and oxygen atoms in total. The van der Waals surface area contributed by atoms with Gasteiger partial charge in [-0.3, -0.25) is 4.99 Å². The summed E-state index contributed by atoms with van der Waals surface area (Å²) in [6, 6.07) is 61.7. The first-order valence-corrected chi connectivity index (χ1v) is 18.9. The first kappa shape index (κ1) is 33.4. The van der Waals surface area contributed by atoms with Crippen molar-refractivity contribution in [1.29, 1.82) is 0 Å². The van der Waals surface area contributed by atoms with E-state index in [9.17, 15) is 0 Å². The van der Waals surface area contributed by atoms with Crippen molar-refractivity contribution in [2.45, 2.75) is 32.2 Å². The molecule has 2 heterocycles. The quantitative estimate of drug-likeness (QED) is 0.158. The van der Waals surface area contributed by atoms with Gasteiger partial charge in [-0.1, -0.05) is 147 Å². The minimum absolute atomic E-state index is 0.0422. The summed E-state index contributed by atoms with van der Waals surface area (Å²) in [7, 11) is 0. The summed E-state index contributed by atoms with van der Waals surface area (Å²) in [5.41, 5.74) is 12.6. The lowest BCUT2D eigenvalue weighted by atomic mass is 9.82. The summed E-state index contributed by atoms with van der Waals surface area (Å²) in [4.78, 5) is 5.48. The molecule has 7 aromatic carbocycles. The van der Waals surface area contributed by atoms with Gasteiger partial charge >= 0.3 is 0 Å². The molecule has 0 radical (unpaired) electrons. The molecule has 3 heteroatoms. The van der Waals surface area contributed by atoms with Crippen LogP contribution in [-0.4, -0.2) is 5.71 Å². The van der Waals surface area contributed by atoms with Gasteiger partial charge in [0.1, 0.15) is 22.7 Å². The standard InChI is InChI=1S/C51H41NO2/c1-2-35-32-41(36-12-6-3-7-13-36)22-29-48(39-16-10-5-11-17-39)52-51(35)40-20-27-45(28-21-40)53-44-25-18-38(19-26-44)43-24-31-50-47(34-43)46-33-42(23-30-49(46)54-50)37-14-8-4-9-15-37/h3-28,30-31,33-35,51H,2,29,32H2,1H3/b41-22-,52-48+. The Morgan fingerprint density at radius 2 is 1.04 bits per heavy atom. The molecule has 0 bridgehead atoms. The topological polar surface area (TPSA) is 34.7 Å². The third-order valence-electron chi connectivity index (χ3n) is 10.8. The maximum absolute atomic E-state index is 6.39. The number of aliphatic imine (C=N–C) groups is 1. The molecular weight excluding hydrogens is 659 g/mol. The van der Waals surface area contributed by atoms with Crippen molar-refractivity contribution in [3.63, 3.8) is 0 Å². The van der Waals surface area contributed by atoms with Gasteiger partial charge in [-0.25, -0.2) is 0 Å². The van der Waals surface area contributed by atoms with Crippen LogP contribution in [0.15, 0.2) is 191 Å². The number of hydrogen-bond donors (Lipinski definition) is 0. The predicted octanol–water partition coefficient (Wildman–Crippen LogP) is 14.1. The normalized spacial score (nSPS) is 17.9. The Hall–Kier alpha value is -6.45. The zero-order valence-corrected chi connectivity index (χ0v) is 30.4. The predicted molar refractivity (Wildman–Crippen MR) is 224 cm³/mol. The fourth-order valence-corrected chi connectivity index (χ4v) is 7.80. The molecule has 0 saturated heterocycles. The van der Waals surface area contributed by atoms with E-state index in [1.807, 2.05) is 18.2 Å². The molecule has 54 heavy (non-hydrogen) atoms. The molecule has 0 fully saturated rings. The molecule has 1 aromatic heterocycles. The molecule has 2 unspecified atom stereocenters. The number of fused-ring (bicyclic) bond motifs is 3. The van der Waals surface area contributed by atoms with Gasteiger partial charge in [0.15, 0.2) is 0 Å². The second-order valence-corrected chi connectivity index (χ2v) is 14.1. The molecule has 9 rings (SSSR count). The molecule has 262 valence electrons. The monoisotopic (exact) mass is 699 g/mol. The molecule has 0 amide bonds. The molecule has 0 N–H and O–H groups in total. The van der Waals surface area contributed by atoms with Crippen molar-refractivity contribution in [3.8, 4) is 33.8 Å². The third kappa shape index (κ3) is 6.89. The van der Waals surface area contributed by atoms with E-state index in [2.05, 4.69) is 171 Å². The maximum atomic E-state index is 6.39. The van der Waals surface area contributed by atoms with E-state index in [1.165, 1.54) is 33.4 Å². The van der Waals surface area contributed by atoms with Gasteiger partial charge in [-0.05, 0) is 105 Å². The lowest BCUT2D eigenvalue weighted by molar-refractivity contribution is 0.426. The third-order valence-corrected chi connectivity index (χ3v) is 10.8. The minimum Gasteiger partial charge on any atom is -0.457 e. The van der Waals surface area contributed by atoms with E-state index in [0.29, 0.717) is 5.92 Å². The van der Waals surface area contributed by atoms with Crippen LogP contribution in [0.4, 0.5) is 0 Å². The molecule has 1 aliphatic rings. The smallest absolute Gasteiger partial charge is 0.135 e. The fraction of sp³-hybridized carbons (Fsp3) is 0.118. The maximum Gasteiger partial charge on any atom is 0.135 e. The zero-order chi connectivity index (χ0) is 36.3. The summed E-state index contributed by atoms with van der Waals surface area (Å²) in [5, 5.41) is 2.24. The summed E-state index contributed by atoms with van der Waals surface area (Å²) < 4.78 is 12.6. The number of ether oxygens (including phenoxy) is 1. The molecule has 1 aliphatic heterocycles. The van der Waals surface area contributed by atoms with Gasteiger partial charge < -0.3 is 9.15 Å². The Balaban J connectivity index is 0.955. The molecule has 8 aromatic rings. The van der Waals surface area contributed by atoms with Crippen LogP contribution in [0, 0.1) is 5.92 Å². The highest BCUT2D eigenvalue weighted by atomic mass is 16.5. The Morgan fingerprint density at radius 1 is 0.537 bits per heavy atom. The zero-order valence-electron chi connectivity index (χ0n) is 30.4. The van der Waals surface area contributed by atoms with Gasteiger partial charge in [0, 0.05) is 22.9 Å². The summed E-state index contributed by atoms with van der Waals surface area (Å²) in [6.45, 7) is 2.29. The van der Waals surface area contributed by atoms with Crippen LogP contribution >= 0.6 is 0 Å². The van der Waals surface area contributed by atoms with Crippen LogP contribution in [0.25, 0.3) is 49.8 Å². The van der Waals surface area contributed by atoms with Gasteiger partial charge in [0.05, 0.1) is 6.04 Å². The summed E-state index contributed by atoms with van der Waals surface area (Å²) in [6.07, 6.45) is 5.21. The Kier molecular flexibility index (Phi) is 9.20. The van der Waals surface area contributed by atoms with Gasteiger partial charge in [0.25, 0.3) is 0 Å².